The minimum atomic E-state index is -0.459. The Bertz CT molecular complexity index is 1100. The second-order valence-electron chi connectivity index (χ2n) is 6.53. The summed E-state index contributed by atoms with van der Waals surface area (Å²) in [5.41, 5.74) is 2.76. The second kappa shape index (κ2) is 8.89. The monoisotopic (exact) mass is 426 g/mol. The molecular weight excluding hydrogens is 408 g/mol. The largest absolute Gasteiger partial charge is 0.308 e. The van der Waals surface area contributed by atoms with Crippen LogP contribution in [0.4, 0.5) is 10.8 Å². The fourth-order valence-electron chi connectivity index (χ4n) is 2.53. The first-order valence-corrected chi connectivity index (χ1v) is 9.99. The number of rotatable bonds is 5. The number of hydrogen-bond donors (Lipinski definition) is 2. The molecule has 0 aliphatic carbocycles. The quantitative estimate of drug-likeness (QED) is 0.262. The number of thiocarbonyl (C=S) groups is 1. The summed E-state index contributed by atoms with van der Waals surface area (Å²) in [5, 5.41) is 16.8. The number of nitro groups is 1. The zero-order valence-electron chi connectivity index (χ0n) is 15.7. The van der Waals surface area contributed by atoms with Crippen molar-refractivity contribution in [3.05, 3.63) is 69.8 Å². The maximum Gasteiger partial charge on any atom is 0.270 e. The Labute approximate surface area is 176 Å². The van der Waals surface area contributed by atoms with Crippen LogP contribution in [0.5, 0.6) is 0 Å². The highest BCUT2D eigenvalue weighted by Crippen LogP contribution is 2.29. The summed E-state index contributed by atoms with van der Waals surface area (Å²) < 4.78 is 0.653. The van der Waals surface area contributed by atoms with E-state index >= 15 is 0 Å². The summed E-state index contributed by atoms with van der Waals surface area (Å²) in [7, 11) is 0. The van der Waals surface area contributed by atoms with E-state index in [1.807, 2.05) is 24.3 Å². The summed E-state index contributed by atoms with van der Waals surface area (Å²) in [4.78, 5) is 26.8. The number of carbonyl (C=O) groups is 1. The number of thiazole rings is 1. The molecule has 0 saturated carbocycles. The molecule has 9 heteroatoms. The van der Waals surface area contributed by atoms with Crippen molar-refractivity contribution in [3.8, 4) is 0 Å². The lowest BCUT2D eigenvalue weighted by molar-refractivity contribution is -0.384. The van der Waals surface area contributed by atoms with E-state index in [4.69, 9.17) is 12.2 Å². The SMILES string of the molecule is CC(C)c1ccc(/C=C/C(=O)NC(=S)Nc2nc3ccc([N+](=O)[O-])cc3s2)cc1. The number of benzene rings is 2. The average Bonchev–Trinajstić information content (AvgIpc) is 3.07. The number of amides is 1. The predicted octanol–water partition coefficient (Wildman–Crippen LogP) is 4.85. The van der Waals surface area contributed by atoms with Crippen molar-refractivity contribution in [1.29, 1.82) is 0 Å². The Balaban J connectivity index is 1.59. The zero-order chi connectivity index (χ0) is 21.0. The van der Waals surface area contributed by atoms with Crippen molar-refractivity contribution >= 4 is 61.7 Å². The molecule has 0 radical (unpaired) electrons. The molecule has 0 aliphatic rings. The average molecular weight is 427 g/mol. The first kappa shape index (κ1) is 20.6. The minimum absolute atomic E-state index is 0.00450. The summed E-state index contributed by atoms with van der Waals surface area (Å²) in [5.74, 6) is 0.0839. The Kier molecular flexibility index (Phi) is 6.30. The molecular formula is C20H18N4O3S2. The highest BCUT2D eigenvalue weighted by Gasteiger charge is 2.11. The standard InChI is InChI=1S/C20H18N4O3S2/c1-12(2)14-6-3-13(4-7-14)5-10-18(25)22-19(28)23-20-21-16-9-8-15(24(26)27)11-17(16)29-20/h3-12H,1-2H3,(H2,21,22,23,25,28)/b10-5+. The van der Waals surface area contributed by atoms with E-state index in [2.05, 4.69) is 29.5 Å². The first-order chi connectivity index (χ1) is 13.8. The molecule has 0 atom stereocenters. The number of fused-ring (bicyclic) bond motifs is 1. The molecule has 2 aromatic carbocycles. The van der Waals surface area contributed by atoms with Gasteiger partial charge < -0.3 is 5.32 Å². The molecule has 2 N–H and O–H groups in total. The molecule has 0 fully saturated rings. The molecule has 3 aromatic rings. The molecule has 1 aromatic heterocycles. The molecule has 0 bridgehead atoms. The smallest absolute Gasteiger partial charge is 0.270 e. The van der Waals surface area contributed by atoms with Gasteiger partial charge >= 0.3 is 0 Å². The van der Waals surface area contributed by atoms with E-state index in [-0.39, 0.29) is 16.7 Å². The van der Waals surface area contributed by atoms with Crippen LogP contribution in [-0.4, -0.2) is 20.9 Å². The molecule has 3 rings (SSSR count). The lowest BCUT2D eigenvalue weighted by Gasteiger charge is -2.05. The van der Waals surface area contributed by atoms with Crippen LogP contribution in [0.25, 0.3) is 16.3 Å². The summed E-state index contributed by atoms with van der Waals surface area (Å²) in [6.45, 7) is 4.25. The number of nitrogens with zero attached hydrogens (tertiary/aromatic N) is 2. The Morgan fingerprint density at radius 1 is 1.24 bits per heavy atom. The van der Waals surface area contributed by atoms with Crippen molar-refractivity contribution in [2.75, 3.05) is 5.32 Å². The van der Waals surface area contributed by atoms with E-state index in [9.17, 15) is 14.9 Å². The van der Waals surface area contributed by atoms with Gasteiger partial charge in [-0.25, -0.2) is 4.98 Å². The predicted molar refractivity (Wildman–Crippen MR) is 120 cm³/mol. The van der Waals surface area contributed by atoms with Crippen LogP contribution in [0.3, 0.4) is 0 Å². The molecule has 0 saturated heterocycles. The van der Waals surface area contributed by atoms with Crippen LogP contribution in [0.2, 0.25) is 0 Å². The molecule has 0 aliphatic heterocycles. The van der Waals surface area contributed by atoms with Gasteiger partial charge in [-0.1, -0.05) is 49.4 Å². The van der Waals surface area contributed by atoms with Crippen LogP contribution in [0.15, 0.2) is 48.5 Å². The zero-order valence-corrected chi connectivity index (χ0v) is 17.3. The van der Waals surface area contributed by atoms with Crippen molar-refractivity contribution in [2.24, 2.45) is 0 Å². The number of nitro benzene ring substituents is 1. The molecule has 0 spiro atoms. The first-order valence-electron chi connectivity index (χ1n) is 8.77. The van der Waals surface area contributed by atoms with Gasteiger partial charge in [0.2, 0.25) is 5.91 Å². The Morgan fingerprint density at radius 3 is 2.62 bits per heavy atom. The minimum Gasteiger partial charge on any atom is -0.308 e. The van der Waals surface area contributed by atoms with Crippen LogP contribution in [0, 0.1) is 10.1 Å². The number of nitrogens with one attached hydrogen (secondary N) is 2. The molecule has 0 unspecified atom stereocenters. The summed E-state index contributed by atoms with van der Waals surface area (Å²) in [6, 6.07) is 12.4. The van der Waals surface area contributed by atoms with Gasteiger partial charge in [-0.3, -0.25) is 20.2 Å². The van der Waals surface area contributed by atoms with E-state index in [1.165, 1.54) is 35.1 Å². The Hall–Kier alpha value is -3.17. The van der Waals surface area contributed by atoms with Gasteiger partial charge in [0.15, 0.2) is 10.2 Å². The number of anilines is 1. The van der Waals surface area contributed by atoms with Crippen LogP contribution >= 0.6 is 23.6 Å². The lowest BCUT2D eigenvalue weighted by atomic mass is 10.0. The normalized spacial score (nSPS) is 11.1. The maximum atomic E-state index is 12.1. The van der Waals surface area contributed by atoms with Crippen molar-refractivity contribution in [2.45, 2.75) is 19.8 Å². The molecule has 1 heterocycles. The third-order valence-electron chi connectivity index (χ3n) is 4.07. The second-order valence-corrected chi connectivity index (χ2v) is 7.97. The van der Waals surface area contributed by atoms with Gasteiger partial charge in [0.05, 0.1) is 15.1 Å². The third-order valence-corrected chi connectivity index (χ3v) is 5.21. The Morgan fingerprint density at radius 2 is 1.97 bits per heavy atom. The number of non-ortho nitro benzene ring substituents is 1. The molecule has 148 valence electrons. The summed E-state index contributed by atoms with van der Waals surface area (Å²) >= 11 is 6.36. The number of aromatic nitrogens is 1. The van der Waals surface area contributed by atoms with Crippen molar-refractivity contribution in [1.82, 2.24) is 10.3 Å². The number of hydrogen-bond acceptors (Lipinski definition) is 6. The van der Waals surface area contributed by atoms with Gasteiger partial charge in [-0.2, -0.15) is 0 Å². The van der Waals surface area contributed by atoms with Crippen LogP contribution in [0.1, 0.15) is 30.9 Å². The van der Waals surface area contributed by atoms with Crippen molar-refractivity contribution < 1.29 is 9.72 Å². The fraction of sp³-hybridized carbons (Fsp3) is 0.150. The van der Waals surface area contributed by atoms with E-state index in [1.54, 1.807) is 12.1 Å². The van der Waals surface area contributed by atoms with E-state index < -0.39 is 4.92 Å². The highest BCUT2D eigenvalue weighted by atomic mass is 32.1. The van der Waals surface area contributed by atoms with Crippen LogP contribution < -0.4 is 10.6 Å². The third kappa shape index (κ3) is 5.43. The van der Waals surface area contributed by atoms with Gasteiger partial charge in [0, 0.05) is 18.2 Å². The maximum absolute atomic E-state index is 12.1. The van der Waals surface area contributed by atoms with Gasteiger partial charge in [0.25, 0.3) is 5.69 Å². The lowest BCUT2D eigenvalue weighted by Crippen LogP contribution is -2.32. The van der Waals surface area contributed by atoms with Crippen molar-refractivity contribution in [3.63, 3.8) is 0 Å². The van der Waals surface area contributed by atoms with Gasteiger partial charge in [-0.05, 0) is 41.4 Å². The van der Waals surface area contributed by atoms with Gasteiger partial charge in [0.1, 0.15) is 0 Å². The number of carbonyl (C=O) groups excluding carboxylic acids is 1. The molecule has 29 heavy (non-hydrogen) atoms. The molecule has 7 nitrogen and oxygen atoms in total. The topological polar surface area (TPSA) is 97.2 Å². The fourth-order valence-corrected chi connectivity index (χ4v) is 3.69. The highest BCUT2D eigenvalue weighted by molar-refractivity contribution is 7.80. The molecule has 1 amide bonds. The van der Waals surface area contributed by atoms with E-state index in [0.29, 0.717) is 21.3 Å². The summed E-state index contributed by atoms with van der Waals surface area (Å²) in [6.07, 6.45) is 3.11. The van der Waals surface area contributed by atoms with Gasteiger partial charge in [-0.15, -0.1) is 0 Å². The van der Waals surface area contributed by atoms with Crippen LogP contribution in [-0.2, 0) is 4.79 Å². The van der Waals surface area contributed by atoms with E-state index in [0.717, 1.165) is 5.56 Å².